The summed E-state index contributed by atoms with van der Waals surface area (Å²) in [5.74, 6) is 2.00. The van der Waals surface area contributed by atoms with Crippen molar-refractivity contribution in [1.29, 1.82) is 0 Å². The highest BCUT2D eigenvalue weighted by Crippen LogP contribution is 2.10. The minimum atomic E-state index is -0.0253. The summed E-state index contributed by atoms with van der Waals surface area (Å²) in [5, 5.41) is 6.58. The molecule has 1 fully saturated rings. The van der Waals surface area contributed by atoms with Crippen LogP contribution in [0.2, 0.25) is 0 Å². The molecule has 7 heteroatoms. The molecular formula is C19H30N4O3. The third-order valence-electron chi connectivity index (χ3n) is 4.08. The van der Waals surface area contributed by atoms with Crippen molar-refractivity contribution in [2.75, 3.05) is 53.6 Å². The molecule has 1 heterocycles. The van der Waals surface area contributed by atoms with E-state index in [0.29, 0.717) is 18.5 Å². The Labute approximate surface area is 155 Å². The zero-order chi connectivity index (χ0) is 18.6. The summed E-state index contributed by atoms with van der Waals surface area (Å²) in [7, 11) is 3.46. The number of nitrogens with zero attached hydrogens (tertiary/aromatic N) is 2. The first kappa shape index (κ1) is 20.0. The number of likely N-dealkylation sites (N-methyl/N-ethyl adjacent to an activating group) is 1. The van der Waals surface area contributed by atoms with Gasteiger partial charge in [0.25, 0.3) is 0 Å². The Morgan fingerprint density at radius 2 is 2.12 bits per heavy atom. The van der Waals surface area contributed by atoms with Crippen LogP contribution in [0.4, 0.5) is 0 Å². The summed E-state index contributed by atoms with van der Waals surface area (Å²) < 4.78 is 11.1. The summed E-state index contributed by atoms with van der Waals surface area (Å²) >= 11 is 0. The van der Waals surface area contributed by atoms with Gasteiger partial charge in [-0.3, -0.25) is 4.79 Å². The molecule has 0 aliphatic carbocycles. The van der Waals surface area contributed by atoms with Crippen LogP contribution in [0.5, 0.6) is 5.75 Å². The predicted molar refractivity (Wildman–Crippen MR) is 102 cm³/mol. The number of guanidine groups is 1. The zero-order valence-electron chi connectivity index (χ0n) is 15.7. The second kappa shape index (κ2) is 11.4. The first-order valence-corrected chi connectivity index (χ1v) is 9.13. The molecule has 1 aromatic rings. The van der Waals surface area contributed by atoms with Crippen molar-refractivity contribution in [3.63, 3.8) is 0 Å². The predicted octanol–water partition coefficient (Wildman–Crippen LogP) is 1.12. The van der Waals surface area contributed by atoms with Crippen LogP contribution in [0, 0.1) is 5.92 Å². The molecule has 1 atom stereocenters. The maximum atomic E-state index is 11.8. The standard InChI is InChI=1S/C19H30N4O3/c1-23(2)18(24)14-22-19(21-13-16-9-12-25-15-16)20-10-6-11-26-17-7-4-3-5-8-17/h3-5,7-8,16H,6,9-15H2,1-2H3,(H2,20,21,22). The topological polar surface area (TPSA) is 75.2 Å². The minimum absolute atomic E-state index is 0.0253. The molecule has 1 aliphatic heterocycles. The molecule has 144 valence electrons. The van der Waals surface area contributed by atoms with Crippen molar-refractivity contribution < 1.29 is 14.3 Å². The molecule has 0 aromatic heterocycles. The third kappa shape index (κ3) is 7.74. The smallest absolute Gasteiger partial charge is 0.243 e. The fourth-order valence-electron chi connectivity index (χ4n) is 2.43. The Morgan fingerprint density at radius 3 is 2.81 bits per heavy atom. The summed E-state index contributed by atoms with van der Waals surface area (Å²) in [6.07, 6.45) is 1.89. The normalized spacial score (nSPS) is 17.0. The molecule has 7 nitrogen and oxygen atoms in total. The summed E-state index contributed by atoms with van der Waals surface area (Å²) in [4.78, 5) is 17.7. The molecule has 1 unspecified atom stereocenters. The van der Waals surface area contributed by atoms with E-state index in [-0.39, 0.29) is 12.5 Å². The number of hydrogen-bond donors (Lipinski definition) is 2. The number of carbonyl (C=O) groups is 1. The Kier molecular flexibility index (Phi) is 8.75. The molecule has 1 aromatic carbocycles. The fraction of sp³-hybridized carbons (Fsp3) is 0.579. The van der Waals surface area contributed by atoms with E-state index < -0.39 is 0 Å². The highest BCUT2D eigenvalue weighted by molar-refractivity contribution is 5.84. The van der Waals surface area contributed by atoms with E-state index in [0.717, 1.165) is 44.9 Å². The average molecular weight is 362 g/mol. The summed E-state index contributed by atoms with van der Waals surface area (Å²) in [6.45, 7) is 3.86. The van der Waals surface area contributed by atoms with Crippen LogP contribution in [0.15, 0.2) is 35.3 Å². The van der Waals surface area contributed by atoms with Gasteiger partial charge in [-0.1, -0.05) is 18.2 Å². The number of para-hydroxylation sites is 1. The number of ether oxygens (including phenoxy) is 2. The van der Waals surface area contributed by atoms with Gasteiger partial charge in [0, 0.05) is 39.7 Å². The lowest BCUT2D eigenvalue weighted by molar-refractivity contribution is -0.127. The molecule has 26 heavy (non-hydrogen) atoms. The molecular weight excluding hydrogens is 332 g/mol. The lowest BCUT2D eigenvalue weighted by Crippen LogP contribution is -2.41. The van der Waals surface area contributed by atoms with E-state index in [4.69, 9.17) is 9.47 Å². The Morgan fingerprint density at radius 1 is 1.31 bits per heavy atom. The van der Waals surface area contributed by atoms with Crippen molar-refractivity contribution in [2.45, 2.75) is 12.8 Å². The molecule has 1 amide bonds. The largest absolute Gasteiger partial charge is 0.494 e. The number of carbonyl (C=O) groups excluding carboxylic acids is 1. The molecule has 0 saturated carbocycles. The van der Waals surface area contributed by atoms with Crippen LogP contribution in [-0.4, -0.2) is 70.3 Å². The number of nitrogens with one attached hydrogen (secondary N) is 2. The highest BCUT2D eigenvalue weighted by atomic mass is 16.5. The molecule has 2 rings (SSSR count). The highest BCUT2D eigenvalue weighted by Gasteiger charge is 2.15. The molecule has 0 bridgehead atoms. The zero-order valence-corrected chi connectivity index (χ0v) is 15.7. The van der Waals surface area contributed by atoms with Crippen LogP contribution in [0.3, 0.4) is 0 Å². The van der Waals surface area contributed by atoms with Gasteiger partial charge in [-0.2, -0.15) is 0 Å². The van der Waals surface area contributed by atoms with Crippen LogP contribution in [0.1, 0.15) is 12.8 Å². The van der Waals surface area contributed by atoms with Gasteiger partial charge in [0.15, 0.2) is 5.96 Å². The Balaban J connectivity index is 1.72. The number of hydrogen-bond acceptors (Lipinski definition) is 4. The van der Waals surface area contributed by atoms with Crippen LogP contribution < -0.4 is 15.4 Å². The van der Waals surface area contributed by atoms with E-state index in [2.05, 4.69) is 15.6 Å². The van der Waals surface area contributed by atoms with E-state index in [1.54, 1.807) is 19.0 Å². The van der Waals surface area contributed by atoms with Crippen LogP contribution in [-0.2, 0) is 9.53 Å². The van der Waals surface area contributed by atoms with Crippen molar-refractivity contribution in [2.24, 2.45) is 10.9 Å². The van der Waals surface area contributed by atoms with E-state index in [1.807, 2.05) is 30.3 Å². The molecule has 1 aliphatic rings. The maximum absolute atomic E-state index is 11.8. The molecule has 0 radical (unpaired) electrons. The minimum Gasteiger partial charge on any atom is -0.494 e. The first-order valence-electron chi connectivity index (χ1n) is 9.13. The van der Waals surface area contributed by atoms with Gasteiger partial charge in [0.2, 0.25) is 5.91 Å². The van der Waals surface area contributed by atoms with Crippen molar-refractivity contribution in [1.82, 2.24) is 15.5 Å². The second-order valence-electron chi connectivity index (χ2n) is 6.51. The van der Waals surface area contributed by atoms with Crippen molar-refractivity contribution in [3.8, 4) is 5.75 Å². The third-order valence-corrected chi connectivity index (χ3v) is 4.08. The summed E-state index contributed by atoms with van der Waals surface area (Å²) in [6, 6.07) is 9.76. The second-order valence-corrected chi connectivity index (χ2v) is 6.51. The first-order chi connectivity index (χ1) is 12.6. The lowest BCUT2D eigenvalue weighted by Gasteiger charge is -2.16. The lowest BCUT2D eigenvalue weighted by atomic mass is 10.1. The van der Waals surface area contributed by atoms with Crippen molar-refractivity contribution >= 4 is 11.9 Å². The Hall–Kier alpha value is -2.28. The van der Waals surface area contributed by atoms with E-state index in [1.165, 1.54) is 0 Å². The quantitative estimate of drug-likeness (QED) is 0.391. The summed E-state index contributed by atoms with van der Waals surface area (Å²) in [5.41, 5.74) is 0. The average Bonchev–Trinajstić information content (AvgIpc) is 3.17. The fourth-order valence-corrected chi connectivity index (χ4v) is 2.43. The number of aliphatic imine (C=N–C) groups is 1. The van der Waals surface area contributed by atoms with E-state index >= 15 is 0 Å². The monoisotopic (exact) mass is 362 g/mol. The Bertz CT molecular complexity index is 557. The number of benzene rings is 1. The van der Waals surface area contributed by atoms with Gasteiger partial charge in [-0.25, -0.2) is 4.99 Å². The van der Waals surface area contributed by atoms with Gasteiger partial charge >= 0.3 is 0 Å². The van der Waals surface area contributed by atoms with Gasteiger partial charge in [-0.15, -0.1) is 0 Å². The van der Waals surface area contributed by atoms with Gasteiger partial charge in [-0.05, 0) is 25.0 Å². The molecule has 2 N–H and O–H groups in total. The number of rotatable bonds is 9. The molecule has 0 spiro atoms. The van der Waals surface area contributed by atoms with Crippen LogP contribution >= 0.6 is 0 Å². The maximum Gasteiger partial charge on any atom is 0.243 e. The van der Waals surface area contributed by atoms with Gasteiger partial charge in [0.05, 0.1) is 13.2 Å². The number of amides is 1. The molecule has 1 saturated heterocycles. The van der Waals surface area contributed by atoms with Crippen LogP contribution in [0.25, 0.3) is 0 Å². The van der Waals surface area contributed by atoms with Gasteiger partial charge < -0.3 is 25.0 Å². The van der Waals surface area contributed by atoms with Gasteiger partial charge in [0.1, 0.15) is 12.3 Å². The van der Waals surface area contributed by atoms with E-state index in [9.17, 15) is 4.79 Å². The van der Waals surface area contributed by atoms with Crippen molar-refractivity contribution in [3.05, 3.63) is 30.3 Å². The SMILES string of the molecule is CN(C)C(=O)CN=C(NCCCOc1ccccc1)NCC1CCOC1.